The number of nitro benzene ring substituents is 1. The maximum atomic E-state index is 13.4. The number of carboxylic acids is 1. The number of halogens is 2. The van der Waals surface area contributed by atoms with Crippen molar-refractivity contribution in [3.05, 3.63) is 33.6 Å². The van der Waals surface area contributed by atoms with E-state index in [2.05, 4.69) is 0 Å². The summed E-state index contributed by atoms with van der Waals surface area (Å²) in [6.45, 7) is 0.00183. The zero-order valence-corrected chi connectivity index (χ0v) is 10.9. The minimum absolute atomic E-state index is 0. The van der Waals surface area contributed by atoms with Crippen LogP contribution in [0.25, 0.3) is 0 Å². The normalized spacial score (nSPS) is 9.45. The Kier molecular flexibility index (Phi) is 7.16. The Morgan fingerprint density at radius 2 is 2.15 bits per heavy atom. The van der Waals surface area contributed by atoms with E-state index in [1.807, 2.05) is 0 Å². The summed E-state index contributed by atoms with van der Waals surface area (Å²) in [6.07, 6.45) is 0.242. The van der Waals surface area contributed by atoms with Crippen molar-refractivity contribution in [1.82, 2.24) is 0 Å². The van der Waals surface area contributed by atoms with Gasteiger partial charge in [0.15, 0.2) is 6.29 Å². The number of carboxylic acid groups (broad SMARTS) is 1. The van der Waals surface area contributed by atoms with Crippen LogP contribution in [0.15, 0.2) is 12.1 Å². The molecule has 0 radical (unpaired) electrons. The van der Waals surface area contributed by atoms with Gasteiger partial charge in [-0.15, -0.1) is 12.4 Å². The van der Waals surface area contributed by atoms with E-state index in [9.17, 15) is 24.1 Å². The van der Waals surface area contributed by atoms with E-state index in [4.69, 9.17) is 9.84 Å². The van der Waals surface area contributed by atoms with Crippen LogP contribution in [0.3, 0.4) is 0 Å². The smallest absolute Gasteiger partial charge is 0.315 e. The Hall–Kier alpha value is -2.22. The fourth-order valence-corrected chi connectivity index (χ4v) is 1.37. The summed E-state index contributed by atoms with van der Waals surface area (Å²) < 4.78 is 18.4. The summed E-state index contributed by atoms with van der Waals surface area (Å²) in [4.78, 5) is 30.5. The highest BCUT2D eigenvalue weighted by atomic mass is 35.5. The second-order valence-electron chi connectivity index (χ2n) is 3.56. The molecule has 0 fully saturated rings. The molecule has 1 N–H and O–H groups in total. The van der Waals surface area contributed by atoms with Crippen molar-refractivity contribution in [2.24, 2.45) is 0 Å². The lowest BCUT2D eigenvalue weighted by Crippen LogP contribution is -2.04. The first-order chi connectivity index (χ1) is 8.95. The monoisotopic (exact) mass is 307 g/mol. The average molecular weight is 308 g/mol. The van der Waals surface area contributed by atoms with Crippen molar-refractivity contribution < 1.29 is 28.7 Å². The van der Waals surface area contributed by atoms with Gasteiger partial charge >= 0.3 is 11.7 Å². The summed E-state index contributed by atoms with van der Waals surface area (Å²) in [6, 6.07) is 1.82. The second kappa shape index (κ2) is 8.05. The van der Waals surface area contributed by atoms with Gasteiger partial charge < -0.3 is 9.84 Å². The second-order valence-corrected chi connectivity index (χ2v) is 3.56. The van der Waals surface area contributed by atoms with Crippen LogP contribution in [0.1, 0.15) is 23.2 Å². The molecule has 0 spiro atoms. The van der Waals surface area contributed by atoms with Gasteiger partial charge in [-0.2, -0.15) is 4.39 Å². The number of hydrogen-bond acceptors (Lipinski definition) is 5. The quantitative estimate of drug-likeness (QED) is 0.358. The summed E-state index contributed by atoms with van der Waals surface area (Å²) in [5.41, 5.74) is -1.34. The van der Waals surface area contributed by atoms with E-state index in [-0.39, 0.29) is 43.9 Å². The highest BCUT2D eigenvalue weighted by molar-refractivity contribution is 5.85. The van der Waals surface area contributed by atoms with Crippen molar-refractivity contribution in [3.8, 4) is 5.75 Å². The zero-order chi connectivity index (χ0) is 14.4. The molecule has 0 bridgehead atoms. The van der Waals surface area contributed by atoms with Gasteiger partial charge in [0, 0.05) is 12.5 Å². The van der Waals surface area contributed by atoms with Crippen LogP contribution in [0.4, 0.5) is 10.1 Å². The number of nitrogens with zero attached hydrogens (tertiary/aromatic N) is 1. The maximum Gasteiger partial charge on any atom is 0.315 e. The molecule has 0 aliphatic carbocycles. The van der Waals surface area contributed by atoms with Gasteiger partial charge in [-0.05, 0) is 12.5 Å². The molecule has 1 aromatic carbocycles. The molecule has 0 aliphatic rings. The summed E-state index contributed by atoms with van der Waals surface area (Å²) in [5, 5.41) is 18.9. The van der Waals surface area contributed by atoms with Crippen LogP contribution in [-0.2, 0) is 4.79 Å². The predicted molar refractivity (Wildman–Crippen MR) is 68.1 cm³/mol. The zero-order valence-electron chi connectivity index (χ0n) is 10.1. The molecule has 1 rings (SSSR count). The SMILES string of the molecule is Cl.O=Cc1cc(OCCCC(=O)O)cc(F)c1[N+](=O)[O-]. The molecule has 9 heteroatoms. The lowest BCUT2D eigenvalue weighted by molar-refractivity contribution is -0.387. The first-order valence-corrected chi connectivity index (χ1v) is 5.23. The standard InChI is InChI=1S/C11H10FNO6.ClH/c12-9-5-8(19-3-1-2-10(15)16)4-7(6-14)11(9)13(17)18;/h4-6H,1-3H2,(H,15,16);1H. The molecule has 0 saturated carbocycles. The largest absolute Gasteiger partial charge is 0.493 e. The number of rotatable bonds is 7. The summed E-state index contributed by atoms with van der Waals surface area (Å²) in [7, 11) is 0. The fourth-order valence-electron chi connectivity index (χ4n) is 1.37. The Morgan fingerprint density at radius 1 is 1.50 bits per heavy atom. The van der Waals surface area contributed by atoms with E-state index in [1.54, 1.807) is 0 Å². The van der Waals surface area contributed by atoms with Gasteiger partial charge in [-0.3, -0.25) is 19.7 Å². The van der Waals surface area contributed by atoms with Crippen molar-refractivity contribution >= 4 is 30.3 Å². The number of benzene rings is 1. The van der Waals surface area contributed by atoms with Gasteiger partial charge in [-0.25, -0.2) is 0 Å². The Labute approximate surface area is 118 Å². The first-order valence-electron chi connectivity index (χ1n) is 5.23. The fraction of sp³-hybridized carbons (Fsp3) is 0.273. The number of carbonyl (C=O) groups is 2. The molecule has 0 aromatic heterocycles. The number of aldehydes is 1. The average Bonchev–Trinajstić information content (AvgIpc) is 2.33. The molecule has 0 unspecified atom stereocenters. The van der Waals surface area contributed by atoms with Crippen LogP contribution >= 0.6 is 12.4 Å². The maximum absolute atomic E-state index is 13.4. The molecule has 0 amide bonds. The van der Waals surface area contributed by atoms with Crippen LogP contribution in [-0.4, -0.2) is 28.9 Å². The van der Waals surface area contributed by atoms with Gasteiger partial charge in [0.1, 0.15) is 5.75 Å². The number of carbonyl (C=O) groups excluding carboxylic acids is 1. The van der Waals surface area contributed by atoms with Crippen molar-refractivity contribution in [3.63, 3.8) is 0 Å². The number of aliphatic carboxylic acids is 1. The molecular formula is C11H11ClFNO6. The number of ether oxygens (including phenoxy) is 1. The van der Waals surface area contributed by atoms with Gasteiger partial charge in [0.25, 0.3) is 0 Å². The highest BCUT2D eigenvalue weighted by Gasteiger charge is 2.21. The molecule has 0 atom stereocenters. The van der Waals surface area contributed by atoms with Crippen LogP contribution in [0.2, 0.25) is 0 Å². The Bertz CT molecular complexity index is 522. The van der Waals surface area contributed by atoms with Gasteiger partial charge in [-0.1, -0.05) is 0 Å². The van der Waals surface area contributed by atoms with Gasteiger partial charge in [0.2, 0.25) is 5.82 Å². The lowest BCUT2D eigenvalue weighted by Gasteiger charge is -2.06. The summed E-state index contributed by atoms with van der Waals surface area (Å²) in [5.74, 6) is -2.23. The molecule has 20 heavy (non-hydrogen) atoms. The predicted octanol–water partition coefficient (Wildman–Crippen LogP) is 2.21. The van der Waals surface area contributed by atoms with Gasteiger partial charge in [0.05, 0.1) is 17.1 Å². The van der Waals surface area contributed by atoms with Crippen LogP contribution in [0, 0.1) is 15.9 Å². The van der Waals surface area contributed by atoms with Crippen molar-refractivity contribution in [1.29, 1.82) is 0 Å². The molecular weight excluding hydrogens is 297 g/mol. The van der Waals surface area contributed by atoms with Crippen LogP contribution in [0.5, 0.6) is 5.75 Å². The van der Waals surface area contributed by atoms with E-state index in [0.717, 1.165) is 12.1 Å². The third kappa shape index (κ3) is 4.81. The molecule has 0 saturated heterocycles. The number of hydrogen-bond donors (Lipinski definition) is 1. The Balaban J connectivity index is 0.00000361. The molecule has 1 aromatic rings. The molecule has 0 aliphatic heterocycles. The minimum Gasteiger partial charge on any atom is -0.493 e. The minimum atomic E-state index is -1.18. The lowest BCUT2D eigenvalue weighted by atomic mass is 10.2. The van der Waals surface area contributed by atoms with Crippen LogP contribution < -0.4 is 4.74 Å². The van der Waals surface area contributed by atoms with Crippen molar-refractivity contribution in [2.75, 3.05) is 6.61 Å². The van der Waals surface area contributed by atoms with E-state index in [1.165, 1.54) is 0 Å². The third-order valence-corrected chi connectivity index (χ3v) is 2.18. The first kappa shape index (κ1) is 17.8. The van der Waals surface area contributed by atoms with E-state index < -0.39 is 28.0 Å². The van der Waals surface area contributed by atoms with E-state index in [0.29, 0.717) is 0 Å². The molecule has 7 nitrogen and oxygen atoms in total. The Morgan fingerprint density at radius 3 is 2.65 bits per heavy atom. The number of nitro groups is 1. The third-order valence-electron chi connectivity index (χ3n) is 2.18. The topological polar surface area (TPSA) is 107 Å². The molecule has 0 heterocycles. The highest BCUT2D eigenvalue weighted by Crippen LogP contribution is 2.26. The summed E-state index contributed by atoms with van der Waals surface area (Å²) >= 11 is 0. The molecule has 110 valence electrons. The van der Waals surface area contributed by atoms with E-state index >= 15 is 0 Å². The van der Waals surface area contributed by atoms with Crippen molar-refractivity contribution in [2.45, 2.75) is 12.8 Å².